The molecule has 0 heterocycles. The summed E-state index contributed by atoms with van der Waals surface area (Å²) in [5, 5.41) is 0.0893. The van der Waals surface area contributed by atoms with Crippen LogP contribution in [0.4, 0.5) is 5.69 Å². The third kappa shape index (κ3) is 4.10. The molecule has 0 bridgehead atoms. The number of nitrogens with two attached hydrogens (primary N) is 1. The molecule has 0 saturated heterocycles. The monoisotopic (exact) mass is 326 g/mol. The maximum atomic E-state index is 12.2. The Balaban J connectivity index is 1.96. The van der Waals surface area contributed by atoms with Crippen molar-refractivity contribution in [3.05, 3.63) is 53.6 Å². The summed E-state index contributed by atoms with van der Waals surface area (Å²) in [6, 6.07) is 13.7. The van der Waals surface area contributed by atoms with E-state index in [-0.39, 0.29) is 28.8 Å². The van der Waals surface area contributed by atoms with E-state index in [0.717, 1.165) is 0 Å². The summed E-state index contributed by atoms with van der Waals surface area (Å²) >= 11 is 5.89. The average Bonchev–Trinajstić information content (AvgIpc) is 2.44. The Morgan fingerprint density at radius 1 is 1.10 bits per heavy atom. The van der Waals surface area contributed by atoms with Crippen LogP contribution in [0.1, 0.15) is 0 Å². The van der Waals surface area contributed by atoms with E-state index in [1.54, 1.807) is 18.2 Å². The molecule has 0 aromatic heterocycles. The van der Waals surface area contributed by atoms with E-state index < -0.39 is 10.0 Å². The molecule has 0 unspecified atom stereocenters. The summed E-state index contributed by atoms with van der Waals surface area (Å²) in [4.78, 5) is -0.105. The van der Waals surface area contributed by atoms with Gasteiger partial charge in [0, 0.05) is 6.54 Å². The van der Waals surface area contributed by atoms with Gasteiger partial charge in [0.05, 0.1) is 10.7 Å². The Morgan fingerprint density at radius 2 is 1.81 bits per heavy atom. The van der Waals surface area contributed by atoms with Crippen molar-refractivity contribution in [2.45, 2.75) is 4.90 Å². The van der Waals surface area contributed by atoms with Gasteiger partial charge in [0.2, 0.25) is 10.0 Å². The highest BCUT2D eigenvalue weighted by Crippen LogP contribution is 2.26. The van der Waals surface area contributed by atoms with Crippen molar-refractivity contribution in [1.82, 2.24) is 4.72 Å². The average molecular weight is 327 g/mol. The molecule has 0 aliphatic carbocycles. The fourth-order valence-electron chi connectivity index (χ4n) is 1.74. The minimum absolute atomic E-state index is 0.0893. The molecule has 7 heteroatoms. The first-order valence-corrected chi connectivity index (χ1v) is 8.08. The van der Waals surface area contributed by atoms with Crippen molar-refractivity contribution < 1.29 is 13.2 Å². The Bertz CT molecular complexity index is 685. The molecule has 0 radical (unpaired) electrons. The number of anilines is 1. The van der Waals surface area contributed by atoms with Gasteiger partial charge in [-0.2, -0.15) is 0 Å². The zero-order valence-corrected chi connectivity index (χ0v) is 12.7. The zero-order valence-electron chi connectivity index (χ0n) is 11.1. The first-order chi connectivity index (χ1) is 10.0. The van der Waals surface area contributed by atoms with Crippen LogP contribution < -0.4 is 15.2 Å². The second-order valence-corrected chi connectivity index (χ2v) is 6.33. The molecule has 5 nitrogen and oxygen atoms in total. The molecule has 0 atom stereocenters. The number of sulfonamides is 1. The molecule has 0 fully saturated rings. The largest absolute Gasteiger partial charge is 0.492 e. The number of hydrogen-bond acceptors (Lipinski definition) is 4. The standard InChI is InChI=1S/C14H15ClN2O3S/c15-12-7-4-8-13(16)14(12)21(18,19)17-9-10-20-11-5-2-1-3-6-11/h1-8,17H,9-10,16H2. The number of nitrogens with one attached hydrogen (secondary N) is 1. The topological polar surface area (TPSA) is 81.4 Å². The van der Waals surface area contributed by atoms with Gasteiger partial charge in [-0.1, -0.05) is 35.9 Å². The molecule has 2 rings (SSSR count). The lowest BCUT2D eigenvalue weighted by Gasteiger charge is -2.11. The van der Waals surface area contributed by atoms with Crippen LogP contribution in [0.3, 0.4) is 0 Å². The minimum atomic E-state index is -3.76. The van der Waals surface area contributed by atoms with E-state index in [9.17, 15) is 8.42 Å². The first-order valence-electron chi connectivity index (χ1n) is 6.22. The van der Waals surface area contributed by atoms with Gasteiger partial charge in [0.25, 0.3) is 0 Å². The lowest BCUT2D eigenvalue weighted by atomic mass is 10.3. The molecular formula is C14H15ClN2O3S. The molecule has 21 heavy (non-hydrogen) atoms. The fourth-order valence-corrected chi connectivity index (χ4v) is 3.43. The molecule has 112 valence electrons. The van der Waals surface area contributed by atoms with Crippen LogP contribution >= 0.6 is 11.6 Å². The lowest BCUT2D eigenvalue weighted by Crippen LogP contribution is -2.29. The molecule has 0 amide bonds. The van der Waals surface area contributed by atoms with Crippen LogP contribution in [0, 0.1) is 0 Å². The van der Waals surface area contributed by atoms with Crippen molar-refractivity contribution in [1.29, 1.82) is 0 Å². The molecule has 0 aliphatic heterocycles. The van der Waals surface area contributed by atoms with Crippen LogP contribution in [-0.2, 0) is 10.0 Å². The van der Waals surface area contributed by atoms with Crippen LogP contribution in [-0.4, -0.2) is 21.6 Å². The summed E-state index contributed by atoms with van der Waals surface area (Å²) in [6.45, 7) is 0.315. The Morgan fingerprint density at radius 3 is 2.48 bits per heavy atom. The predicted molar refractivity (Wildman–Crippen MR) is 83.0 cm³/mol. The van der Waals surface area contributed by atoms with Gasteiger partial charge in [0.1, 0.15) is 17.3 Å². The number of hydrogen-bond donors (Lipinski definition) is 2. The summed E-state index contributed by atoms with van der Waals surface area (Å²) in [5.74, 6) is 0.675. The van der Waals surface area contributed by atoms with Crippen LogP contribution in [0.15, 0.2) is 53.4 Å². The molecule has 0 spiro atoms. The van der Waals surface area contributed by atoms with Gasteiger partial charge in [-0.3, -0.25) is 0 Å². The molecule has 2 aromatic rings. The quantitative estimate of drug-likeness (QED) is 0.630. The SMILES string of the molecule is Nc1cccc(Cl)c1S(=O)(=O)NCCOc1ccccc1. The second kappa shape index (κ2) is 6.80. The van der Waals surface area contributed by atoms with Crippen LogP contribution in [0.5, 0.6) is 5.75 Å². The highest BCUT2D eigenvalue weighted by molar-refractivity contribution is 7.89. The normalized spacial score (nSPS) is 11.3. The lowest BCUT2D eigenvalue weighted by molar-refractivity contribution is 0.323. The van der Waals surface area contributed by atoms with Crippen molar-refractivity contribution in [3.8, 4) is 5.75 Å². The zero-order chi connectivity index (χ0) is 15.3. The van der Waals surface area contributed by atoms with Crippen LogP contribution in [0.2, 0.25) is 5.02 Å². The maximum absolute atomic E-state index is 12.2. The summed E-state index contributed by atoms with van der Waals surface area (Å²) in [5.41, 5.74) is 5.78. The fraction of sp³-hybridized carbons (Fsp3) is 0.143. The summed E-state index contributed by atoms with van der Waals surface area (Å²) < 4.78 is 32.1. The minimum Gasteiger partial charge on any atom is -0.492 e. The summed E-state index contributed by atoms with van der Waals surface area (Å²) in [7, 11) is -3.76. The van der Waals surface area contributed by atoms with E-state index in [2.05, 4.69) is 4.72 Å². The van der Waals surface area contributed by atoms with E-state index in [0.29, 0.717) is 5.75 Å². The van der Waals surface area contributed by atoms with Gasteiger partial charge >= 0.3 is 0 Å². The van der Waals surface area contributed by atoms with Gasteiger partial charge < -0.3 is 10.5 Å². The highest BCUT2D eigenvalue weighted by Gasteiger charge is 2.20. The number of rotatable bonds is 6. The number of para-hydroxylation sites is 1. The highest BCUT2D eigenvalue weighted by atomic mass is 35.5. The Labute approximate surface area is 128 Å². The van der Waals surface area contributed by atoms with Crippen molar-refractivity contribution in [2.24, 2.45) is 0 Å². The van der Waals surface area contributed by atoms with E-state index in [1.165, 1.54) is 12.1 Å². The summed E-state index contributed by atoms with van der Waals surface area (Å²) in [6.07, 6.45) is 0. The van der Waals surface area contributed by atoms with Gasteiger partial charge in [-0.25, -0.2) is 13.1 Å². The third-order valence-electron chi connectivity index (χ3n) is 2.67. The number of nitrogen functional groups attached to an aromatic ring is 1. The molecule has 3 N–H and O–H groups in total. The molecule has 2 aromatic carbocycles. The number of ether oxygens (including phenoxy) is 1. The number of benzene rings is 2. The molecule has 0 aliphatic rings. The van der Waals surface area contributed by atoms with Gasteiger partial charge in [-0.15, -0.1) is 0 Å². The second-order valence-electron chi connectivity index (χ2n) is 4.22. The van der Waals surface area contributed by atoms with Crippen molar-refractivity contribution in [3.63, 3.8) is 0 Å². The maximum Gasteiger partial charge on any atom is 0.244 e. The Hall–Kier alpha value is -1.76. The van der Waals surface area contributed by atoms with E-state index >= 15 is 0 Å². The Kier molecular flexibility index (Phi) is 5.06. The van der Waals surface area contributed by atoms with Crippen molar-refractivity contribution >= 4 is 27.3 Å². The van der Waals surface area contributed by atoms with Gasteiger partial charge in [-0.05, 0) is 24.3 Å². The number of halogens is 1. The molecular weight excluding hydrogens is 312 g/mol. The van der Waals surface area contributed by atoms with E-state index in [1.807, 2.05) is 18.2 Å². The third-order valence-corrected chi connectivity index (χ3v) is 4.68. The van der Waals surface area contributed by atoms with Gasteiger partial charge in [0.15, 0.2) is 0 Å². The predicted octanol–water partition coefficient (Wildman–Crippen LogP) is 2.28. The van der Waals surface area contributed by atoms with E-state index in [4.69, 9.17) is 22.1 Å². The first kappa shape index (κ1) is 15.6. The van der Waals surface area contributed by atoms with Crippen molar-refractivity contribution in [2.75, 3.05) is 18.9 Å². The smallest absolute Gasteiger partial charge is 0.244 e. The van der Waals surface area contributed by atoms with Crippen LogP contribution in [0.25, 0.3) is 0 Å². The molecule has 0 saturated carbocycles.